The number of benzene rings is 1. The molecule has 5 nitrogen and oxygen atoms in total. The maximum Gasteiger partial charge on any atom is 0.302 e. The summed E-state index contributed by atoms with van der Waals surface area (Å²) in [6.07, 6.45) is 1.98. The van der Waals surface area contributed by atoms with Crippen molar-refractivity contribution in [2.75, 3.05) is 20.3 Å². The molecule has 0 saturated heterocycles. The molecule has 0 spiro atoms. The van der Waals surface area contributed by atoms with E-state index in [1.807, 2.05) is 36.0 Å². The molecule has 0 N–H and O–H groups in total. The molecule has 0 aliphatic heterocycles. The largest absolute Gasteiger partial charge is 0.493 e. The van der Waals surface area contributed by atoms with Crippen molar-refractivity contribution in [3.8, 4) is 11.5 Å². The Morgan fingerprint density at radius 2 is 2.05 bits per heavy atom. The molecule has 0 fully saturated rings. The Bertz CT molecular complexity index is 588. The summed E-state index contributed by atoms with van der Waals surface area (Å²) in [5, 5.41) is 1.09. The van der Waals surface area contributed by atoms with E-state index in [1.165, 1.54) is 6.92 Å². The minimum Gasteiger partial charge on any atom is -0.493 e. The van der Waals surface area contributed by atoms with Gasteiger partial charge in [-0.05, 0) is 12.1 Å². The van der Waals surface area contributed by atoms with Crippen molar-refractivity contribution in [3.63, 3.8) is 0 Å². The Hall–Kier alpha value is -2.17. The number of aromatic nitrogens is 1. The van der Waals surface area contributed by atoms with Crippen molar-refractivity contribution in [2.45, 2.75) is 6.92 Å². The highest BCUT2D eigenvalue weighted by molar-refractivity contribution is 5.84. The van der Waals surface area contributed by atoms with E-state index < -0.39 is 0 Å². The van der Waals surface area contributed by atoms with Crippen molar-refractivity contribution in [3.05, 3.63) is 24.4 Å². The molecular weight excluding hydrogens is 246 g/mol. The molecule has 0 saturated carbocycles. The van der Waals surface area contributed by atoms with Gasteiger partial charge in [0.2, 0.25) is 0 Å². The summed E-state index contributed by atoms with van der Waals surface area (Å²) in [4.78, 5) is 10.7. The molecule has 5 heteroatoms. The van der Waals surface area contributed by atoms with Gasteiger partial charge in [-0.25, -0.2) is 0 Å². The Labute approximate surface area is 111 Å². The smallest absolute Gasteiger partial charge is 0.302 e. The van der Waals surface area contributed by atoms with Gasteiger partial charge in [-0.15, -0.1) is 0 Å². The van der Waals surface area contributed by atoms with Gasteiger partial charge in [0.25, 0.3) is 0 Å². The van der Waals surface area contributed by atoms with E-state index in [4.69, 9.17) is 14.2 Å². The number of rotatable bonds is 5. The highest BCUT2D eigenvalue weighted by Gasteiger charge is 2.09. The van der Waals surface area contributed by atoms with Crippen LogP contribution in [0.25, 0.3) is 10.9 Å². The number of carbonyl (C=O) groups is 1. The second kappa shape index (κ2) is 5.65. The first-order valence-corrected chi connectivity index (χ1v) is 6.01. The second-order valence-electron chi connectivity index (χ2n) is 4.18. The third kappa shape index (κ3) is 2.99. The molecule has 0 radical (unpaired) electrons. The van der Waals surface area contributed by atoms with Crippen LogP contribution in [0.3, 0.4) is 0 Å². The standard InChI is InChI=1S/C14H17NO4/c1-10(16)18-6-7-19-14-9-12-11(4-5-15(12)2)8-13(14)17-3/h4-5,8-9H,6-7H2,1-3H3. The van der Waals surface area contributed by atoms with E-state index in [-0.39, 0.29) is 12.6 Å². The lowest BCUT2D eigenvalue weighted by Crippen LogP contribution is -2.10. The Morgan fingerprint density at radius 1 is 1.26 bits per heavy atom. The number of esters is 1. The zero-order chi connectivity index (χ0) is 13.8. The quantitative estimate of drug-likeness (QED) is 0.612. The normalized spacial score (nSPS) is 10.5. The Kier molecular flexibility index (Phi) is 3.94. The van der Waals surface area contributed by atoms with Crippen LogP contribution in [0, 0.1) is 0 Å². The zero-order valence-electron chi connectivity index (χ0n) is 11.3. The maximum atomic E-state index is 10.7. The minimum atomic E-state index is -0.312. The fourth-order valence-electron chi connectivity index (χ4n) is 1.89. The average Bonchev–Trinajstić information content (AvgIpc) is 2.74. The van der Waals surface area contributed by atoms with E-state index >= 15 is 0 Å². The van der Waals surface area contributed by atoms with Crippen LogP contribution in [0.4, 0.5) is 0 Å². The van der Waals surface area contributed by atoms with Gasteiger partial charge in [-0.1, -0.05) is 0 Å². The molecule has 0 amide bonds. The third-order valence-electron chi connectivity index (χ3n) is 2.82. The highest BCUT2D eigenvalue weighted by atomic mass is 16.6. The fourth-order valence-corrected chi connectivity index (χ4v) is 1.89. The van der Waals surface area contributed by atoms with E-state index in [0.29, 0.717) is 18.1 Å². The predicted molar refractivity (Wildman–Crippen MR) is 71.6 cm³/mol. The number of nitrogens with zero attached hydrogens (tertiary/aromatic N) is 1. The molecule has 0 unspecified atom stereocenters. The van der Waals surface area contributed by atoms with Crippen LogP contribution >= 0.6 is 0 Å². The van der Waals surface area contributed by atoms with Gasteiger partial charge in [0.1, 0.15) is 13.2 Å². The first kappa shape index (κ1) is 13.3. The molecular formula is C14H17NO4. The topological polar surface area (TPSA) is 49.7 Å². The molecule has 1 heterocycles. The van der Waals surface area contributed by atoms with E-state index in [1.54, 1.807) is 7.11 Å². The van der Waals surface area contributed by atoms with Crippen LogP contribution in [-0.2, 0) is 16.6 Å². The molecule has 19 heavy (non-hydrogen) atoms. The van der Waals surface area contributed by atoms with Crippen LogP contribution in [-0.4, -0.2) is 30.9 Å². The van der Waals surface area contributed by atoms with Gasteiger partial charge >= 0.3 is 5.97 Å². The lowest BCUT2D eigenvalue weighted by atomic mass is 10.2. The predicted octanol–water partition coefficient (Wildman–Crippen LogP) is 2.13. The van der Waals surface area contributed by atoms with Crippen LogP contribution in [0.15, 0.2) is 24.4 Å². The lowest BCUT2D eigenvalue weighted by Gasteiger charge is -2.11. The number of aryl methyl sites for hydroxylation is 1. The van der Waals surface area contributed by atoms with E-state index in [2.05, 4.69) is 0 Å². The molecule has 2 aromatic rings. The van der Waals surface area contributed by atoms with Crippen LogP contribution in [0.1, 0.15) is 6.92 Å². The summed E-state index contributed by atoms with van der Waals surface area (Å²) in [5.74, 6) is 0.999. The van der Waals surface area contributed by atoms with Gasteiger partial charge in [0, 0.05) is 31.6 Å². The van der Waals surface area contributed by atoms with Crippen molar-refractivity contribution >= 4 is 16.9 Å². The number of fused-ring (bicyclic) bond motifs is 1. The van der Waals surface area contributed by atoms with Crippen molar-refractivity contribution in [1.29, 1.82) is 0 Å². The van der Waals surface area contributed by atoms with Crippen LogP contribution < -0.4 is 9.47 Å². The zero-order valence-corrected chi connectivity index (χ0v) is 11.3. The molecule has 0 bridgehead atoms. The van der Waals surface area contributed by atoms with Crippen molar-refractivity contribution < 1.29 is 19.0 Å². The maximum absolute atomic E-state index is 10.7. The number of ether oxygens (including phenoxy) is 3. The summed E-state index contributed by atoms with van der Waals surface area (Å²) >= 11 is 0. The summed E-state index contributed by atoms with van der Waals surface area (Å²) in [6, 6.07) is 5.86. The molecule has 102 valence electrons. The minimum absolute atomic E-state index is 0.226. The number of carbonyl (C=O) groups excluding carboxylic acids is 1. The number of methoxy groups -OCH3 is 1. The third-order valence-corrected chi connectivity index (χ3v) is 2.82. The van der Waals surface area contributed by atoms with Crippen molar-refractivity contribution in [1.82, 2.24) is 4.57 Å². The Morgan fingerprint density at radius 3 is 2.74 bits per heavy atom. The number of hydrogen-bond donors (Lipinski definition) is 0. The van der Waals surface area contributed by atoms with Gasteiger partial charge in [0.15, 0.2) is 11.5 Å². The molecule has 2 rings (SSSR count). The summed E-state index contributed by atoms with van der Waals surface area (Å²) < 4.78 is 17.7. The van der Waals surface area contributed by atoms with Gasteiger partial charge in [0.05, 0.1) is 12.6 Å². The summed E-state index contributed by atoms with van der Waals surface area (Å²) in [7, 11) is 3.57. The Balaban J connectivity index is 2.15. The number of hydrogen-bond acceptors (Lipinski definition) is 4. The fraction of sp³-hybridized carbons (Fsp3) is 0.357. The van der Waals surface area contributed by atoms with E-state index in [9.17, 15) is 4.79 Å². The first-order valence-electron chi connectivity index (χ1n) is 6.01. The van der Waals surface area contributed by atoms with Crippen LogP contribution in [0.2, 0.25) is 0 Å². The van der Waals surface area contributed by atoms with Gasteiger partial charge in [-0.2, -0.15) is 0 Å². The van der Waals surface area contributed by atoms with Gasteiger partial charge < -0.3 is 18.8 Å². The summed E-state index contributed by atoms with van der Waals surface area (Å²) in [5.41, 5.74) is 1.06. The highest BCUT2D eigenvalue weighted by Crippen LogP contribution is 2.32. The average molecular weight is 263 g/mol. The van der Waals surface area contributed by atoms with Crippen LogP contribution in [0.5, 0.6) is 11.5 Å². The molecule has 0 aliphatic rings. The monoisotopic (exact) mass is 263 g/mol. The summed E-state index contributed by atoms with van der Waals surface area (Å²) in [6.45, 7) is 1.89. The van der Waals surface area contributed by atoms with E-state index in [0.717, 1.165) is 10.9 Å². The first-order chi connectivity index (χ1) is 9.11. The molecule has 0 atom stereocenters. The molecule has 1 aromatic carbocycles. The van der Waals surface area contributed by atoms with Gasteiger partial charge in [-0.3, -0.25) is 4.79 Å². The van der Waals surface area contributed by atoms with Crippen molar-refractivity contribution in [2.24, 2.45) is 7.05 Å². The molecule has 1 aromatic heterocycles. The lowest BCUT2D eigenvalue weighted by molar-refractivity contribution is -0.141. The molecule has 0 aliphatic carbocycles. The second-order valence-corrected chi connectivity index (χ2v) is 4.18. The SMILES string of the molecule is COc1cc2ccn(C)c2cc1OCCOC(C)=O.